The summed E-state index contributed by atoms with van der Waals surface area (Å²) in [6, 6.07) is 22.0. The molecule has 0 aliphatic carbocycles. The summed E-state index contributed by atoms with van der Waals surface area (Å²) in [6.07, 6.45) is 2.25. The molecule has 0 aliphatic rings. The third-order valence-electron chi connectivity index (χ3n) is 5.14. The van der Waals surface area contributed by atoms with Crippen LogP contribution in [0.1, 0.15) is 45.2 Å². The van der Waals surface area contributed by atoms with Crippen LogP contribution in [-0.2, 0) is 11.8 Å². The quantitative estimate of drug-likeness (QED) is 0.381. The molecule has 0 saturated carbocycles. The average Bonchev–Trinajstić information content (AvgIpc) is 3.02. The SMILES string of the molecule is CCCc1ccccc1Nc1cccc2c1sc1c(C(C)(C)C)cccc12. The molecule has 4 rings (SSSR count). The molecular formula is C25H27NS. The lowest BCUT2D eigenvalue weighted by Crippen LogP contribution is -2.10. The molecule has 1 heterocycles. The van der Waals surface area contributed by atoms with Gasteiger partial charge in [-0.2, -0.15) is 0 Å². The fourth-order valence-corrected chi connectivity index (χ4v) is 5.28. The predicted octanol–water partition coefficient (Wildman–Crippen LogP) is 8.05. The normalized spacial score (nSPS) is 12.0. The van der Waals surface area contributed by atoms with Crippen LogP contribution in [0.4, 0.5) is 11.4 Å². The average molecular weight is 374 g/mol. The van der Waals surface area contributed by atoms with Gasteiger partial charge >= 0.3 is 0 Å². The van der Waals surface area contributed by atoms with Crippen molar-refractivity contribution in [3.8, 4) is 0 Å². The van der Waals surface area contributed by atoms with Gasteiger partial charge in [-0.05, 0) is 35.1 Å². The fraction of sp³-hybridized carbons (Fsp3) is 0.280. The Labute approximate surface area is 166 Å². The van der Waals surface area contributed by atoms with E-state index in [2.05, 4.69) is 93.7 Å². The standard InChI is InChI=1S/C25H27NS/c1-5-10-17-11-6-7-15-21(17)26-22-16-9-13-19-18-12-8-14-20(25(2,3)4)23(18)27-24(19)22/h6-9,11-16,26H,5,10H2,1-4H3. The van der Waals surface area contributed by atoms with Gasteiger partial charge in [0, 0.05) is 21.2 Å². The largest absolute Gasteiger partial charge is 0.354 e. The summed E-state index contributed by atoms with van der Waals surface area (Å²) >= 11 is 1.92. The first-order valence-corrected chi connectivity index (χ1v) is 10.6. The molecule has 4 aromatic rings. The fourth-order valence-electron chi connectivity index (χ4n) is 3.78. The number of anilines is 2. The zero-order chi connectivity index (χ0) is 19.0. The molecular weight excluding hydrogens is 346 g/mol. The number of para-hydroxylation sites is 1. The molecule has 0 unspecified atom stereocenters. The first kappa shape index (κ1) is 18.1. The van der Waals surface area contributed by atoms with Crippen molar-refractivity contribution in [2.24, 2.45) is 0 Å². The summed E-state index contributed by atoms with van der Waals surface area (Å²) in [4.78, 5) is 0. The summed E-state index contributed by atoms with van der Waals surface area (Å²) < 4.78 is 2.76. The molecule has 0 spiro atoms. The Bertz CT molecular complexity index is 1100. The molecule has 138 valence electrons. The molecule has 1 aromatic heterocycles. The summed E-state index contributed by atoms with van der Waals surface area (Å²) in [5.41, 5.74) is 5.38. The third-order valence-corrected chi connectivity index (χ3v) is 6.43. The van der Waals surface area contributed by atoms with E-state index in [4.69, 9.17) is 0 Å². The molecule has 2 heteroatoms. The topological polar surface area (TPSA) is 12.0 Å². The van der Waals surface area contributed by atoms with Gasteiger partial charge in [-0.25, -0.2) is 0 Å². The van der Waals surface area contributed by atoms with Gasteiger partial charge in [0.15, 0.2) is 0 Å². The van der Waals surface area contributed by atoms with E-state index in [1.807, 2.05) is 11.3 Å². The van der Waals surface area contributed by atoms with Crippen molar-refractivity contribution in [3.63, 3.8) is 0 Å². The Kier molecular flexibility index (Phi) is 4.69. The minimum atomic E-state index is 0.141. The van der Waals surface area contributed by atoms with E-state index in [-0.39, 0.29) is 5.41 Å². The zero-order valence-electron chi connectivity index (χ0n) is 16.6. The number of benzene rings is 3. The lowest BCUT2D eigenvalue weighted by Gasteiger charge is -2.19. The maximum atomic E-state index is 3.73. The maximum Gasteiger partial charge on any atom is 0.0590 e. The van der Waals surface area contributed by atoms with E-state index in [0.29, 0.717) is 0 Å². The molecule has 0 fully saturated rings. The van der Waals surface area contributed by atoms with Crippen molar-refractivity contribution in [1.29, 1.82) is 0 Å². The van der Waals surface area contributed by atoms with Crippen LogP contribution >= 0.6 is 11.3 Å². The van der Waals surface area contributed by atoms with Gasteiger partial charge in [-0.1, -0.05) is 82.6 Å². The molecule has 1 nitrogen and oxygen atoms in total. The van der Waals surface area contributed by atoms with Crippen LogP contribution in [-0.4, -0.2) is 0 Å². The molecule has 27 heavy (non-hydrogen) atoms. The smallest absolute Gasteiger partial charge is 0.0590 e. The molecule has 0 saturated heterocycles. The van der Waals surface area contributed by atoms with Crippen LogP contribution in [0.25, 0.3) is 20.2 Å². The molecule has 0 bridgehead atoms. The van der Waals surface area contributed by atoms with Crippen molar-refractivity contribution in [2.75, 3.05) is 5.32 Å². The van der Waals surface area contributed by atoms with Crippen LogP contribution in [0.15, 0.2) is 60.7 Å². The predicted molar refractivity (Wildman–Crippen MR) is 122 cm³/mol. The lowest BCUT2D eigenvalue weighted by molar-refractivity contribution is 0.597. The zero-order valence-corrected chi connectivity index (χ0v) is 17.4. The Morgan fingerprint density at radius 3 is 2.19 bits per heavy atom. The number of rotatable bonds is 4. The highest BCUT2D eigenvalue weighted by atomic mass is 32.1. The molecule has 0 amide bonds. The van der Waals surface area contributed by atoms with E-state index in [9.17, 15) is 0 Å². The van der Waals surface area contributed by atoms with Crippen molar-refractivity contribution in [2.45, 2.75) is 46.0 Å². The van der Waals surface area contributed by atoms with Gasteiger partial charge in [0.25, 0.3) is 0 Å². The lowest BCUT2D eigenvalue weighted by atomic mass is 9.86. The second-order valence-electron chi connectivity index (χ2n) is 8.25. The molecule has 0 radical (unpaired) electrons. The summed E-state index contributed by atoms with van der Waals surface area (Å²) in [7, 11) is 0. The highest BCUT2D eigenvalue weighted by Crippen LogP contribution is 2.43. The minimum absolute atomic E-state index is 0.141. The minimum Gasteiger partial charge on any atom is -0.354 e. The second-order valence-corrected chi connectivity index (χ2v) is 9.27. The number of hydrogen-bond donors (Lipinski definition) is 1. The van der Waals surface area contributed by atoms with Crippen molar-refractivity contribution < 1.29 is 0 Å². The summed E-state index contributed by atoms with van der Waals surface area (Å²) in [6.45, 7) is 9.13. The first-order chi connectivity index (χ1) is 13.0. The second kappa shape index (κ2) is 7.01. The molecule has 0 aliphatic heterocycles. The van der Waals surface area contributed by atoms with E-state index in [1.54, 1.807) is 0 Å². The Balaban J connectivity index is 1.88. The molecule has 3 aromatic carbocycles. The van der Waals surface area contributed by atoms with Gasteiger partial charge in [0.2, 0.25) is 0 Å². The van der Waals surface area contributed by atoms with E-state index in [1.165, 1.54) is 42.7 Å². The monoisotopic (exact) mass is 373 g/mol. The van der Waals surface area contributed by atoms with Gasteiger partial charge in [-0.15, -0.1) is 11.3 Å². The third kappa shape index (κ3) is 3.35. The van der Waals surface area contributed by atoms with E-state index < -0.39 is 0 Å². The van der Waals surface area contributed by atoms with Gasteiger partial charge < -0.3 is 5.32 Å². The van der Waals surface area contributed by atoms with E-state index in [0.717, 1.165) is 12.8 Å². The summed E-state index contributed by atoms with van der Waals surface area (Å²) in [5, 5.41) is 6.44. The van der Waals surface area contributed by atoms with E-state index >= 15 is 0 Å². The van der Waals surface area contributed by atoms with Gasteiger partial charge in [0.05, 0.1) is 10.4 Å². The van der Waals surface area contributed by atoms with Crippen LogP contribution in [0, 0.1) is 0 Å². The van der Waals surface area contributed by atoms with Crippen LogP contribution < -0.4 is 5.32 Å². The van der Waals surface area contributed by atoms with Gasteiger partial charge in [-0.3, -0.25) is 0 Å². The van der Waals surface area contributed by atoms with Crippen LogP contribution in [0.5, 0.6) is 0 Å². The maximum absolute atomic E-state index is 3.73. The number of fused-ring (bicyclic) bond motifs is 3. The number of nitrogens with one attached hydrogen (secondary N) is 1. The van der Waals surface area contributed by atoms with Crippen molar-refractivity contribution in [3.05, 3.63) is 71.8 Å². The molecule has 1 N–H and O–H groups in total. The highest BCUT2D eigenvalue weighted by molar-refractivity contribution is 7.26. The Hall–Kier alpha value is -2.32. The highest BCUT2D eigenvalue weighted by Gasteiger charge is 2.20. The van der Waals surface area contributed by atoms with Crippen molar-refractivity contribution >= 4 is 42.9 Å². The Morgan fingerprint density at radius 2 is 1.44 bits per heavy atom. The van der Waals surface area contributed by atoms with Crippen LogP contribution in [0.2, 0.25) is 0 Å². The Morgan fingerprint density at radius 1 is 0.778 bits per heavy atom. The van der Waals surface area contributed by atoms with Gasteiger partial charge in [0.1, 0.15) is 0 Å². The number of aryl methyl sites for hydroxylation is 1. The first-order valence-electron chi connectivity index (χ1n) is 9.78. The summed E-state index contributed by atoms with van der Waals surface area (Å²) in [5.74, 6) is 0. The van der Waals surface area contributed by atoms with Crippen LogP contribution in [0.3, 0.4) is 0 Å². The molecule has 0 atom stereocenters. The number of hydrogen-bond acceptors (Lipinski definition) is 2. The number of thiophene rings is 1. The van der Waals surface area contributed by atoms with Crippen molar-refractivity contribution in [1.82, 2.24) is 0 Å².